The van der Waals surface area contributed by atoms with Gasteiger partial charge in [-0.15, -0.1) is 0 Å². The summed E-state index contributed by atoms with van der Waals surface area (Å²) in [5.74, 6) is 0. The summed E-state index contributed by atoms with van der Waals surface area (Å²) in [5, 5.41) is 0.549. The molecule has 0 aliphatic heterocycles. The molecule has 0 bridgehead atoms. The Hall–Kier alpha value is 0.130. The number of rotatable bonds is 3. The first-order chi connectivity index (χ1) is 6.15. The predicted molar refractivity (Wildman–Crippen MR) is 63.8 cm³/mol. The van der Waals surface area contributed by atoms with Crippen molar-refractivity contribution >= 4 is 34.2 Å². The van der Waals surface area contributed by atoms with E-state index in [1.165, 1.54) is 0 Å². The average molecular weight is 311 g/mol. The van der Waals surface area contributed by atoms with Crippen LogP contribution in [0.25, 0.3) is 0 Å². The Kier molecular flexibility index (Phi) is 4.41. The van der Waals surface area contributed by atoms with Crippen molar-refractivity contribution < 1.29 is 0 Å². The highest BCUT2D eigenvalue weighted by molar-refractivity contribution is 14.1. The van der Waals surface area contributed by atoms with Crippen LogP contribution < -0.4 is 5.73 Å². The second kappa shape index (κ2) is 5.12. The smallest absolute Gasteiger partial charge is 0.142 e. The molecular formula is C9H12ClIN2. The molecule has 1 aromatic heterocycles. The highest BCUT2D eigenvalue weighted by Crippen LogP contribution is 2.21. The Morgan fingerprint density at radius 1 is 1.69 bits per heavy atom. The molecule has 0 spiro atoms. The van der Waals surface area contributed by atoms with Gasteiger partial charge in [-0.25, -0.2) is 4.98 Å². The standard InChI is InChI=1S/C9H12ClIN2/c1-2-3-8(12)6-4-7(11)9(10)13-5-6/h4-5,8H,2-3,12H2,1H3. The quantitative estimate of drug-likeness (QED) is 0.688. The van der Waals surface area contributed by atoms with E-state index in [4.69, 9.17) is 17.3 Å². The third-order valence-corrected chi connectivity index (χ3v) is 3.29. The molecule has 1 aromatic rings. The van der Waals surface area contributed by atoms with E-state index in [-0.39, 0.29) is 6.04 Å². The van der Waals surface area contributed by atoms with Gasteiger partial charge in [0.1, 0.15) is 5.15 Å². The van der Waals surface area contributed by atoms with Crippen molar-refractivity contribution in [2.24, 2.45) is 5.73 Å². The minimum absolute atomic E-state index is 0.0864. The Bertz CT molecular complexity index is 291. The summed E-state index contributed by atoms with van der Waals surface area (Å²) in [7, 11) is 0. The maximum atomic E-state index is 5.94. The minimum Gasteiger partial charge on any atom is -0.324 e. The molecule has 0 aromatic carbocycles. The second-order valence-corrected chi connectivity index (χ2v) is 4.46. The van der Waals surface area contributed by atoms with E-state index in [0.717, 1.165) is 22.0 Å². The summed E-state index contributed by atoms with van der Waals surface area (Å²) in [6.45, 7) is 2.12. The first kappa shape index (κ1) is 11.2. The van der Waals surface area contributed by atoms with Crippen LogP contribution in [0.4, 0.5) is 0 Å². The first-order valence-electron chi connectivity index (χ1n) is 4.21. The third-order valence-electron chi connectivity index (χ3n) is 1.85. The number of hydrogen-bond donors (Lipinski definition) is 1. The van der Waals surface area contributed by atoms with Gasteiger partial charge in [0.2, 0.25) is 0 Å². The van der Waals surface area contributed by atoms with E-state index in [9.17, 15) is 0 Å². The van der Waals surface area contributed by atoms with Crippen LogP contribution in [0.1, 0.15) is 31.4 Å². The van der Waals surface area contributed by atoms with Crippen molar-refractivity contribution in [3.63, 3.8) is 0 Å². The Morgan fingerprint density at radius 3 is 2.92 bits per heavy atom. The van der Waals surface area contributed by atoms with Gasteiger partial charge in [-0.1, -0.05) is 24.9 Å². The largest absolute Gasteiger partial charge is 0.324 e. The minimum atomic E-state index is 0.0864. The Labute approximate surface area is 97.0 Å². The number of nitrogens with zero attached hydrogens (tertiary/aromatic N) is 1. The van der Waals surface area contributed by atoms with E-state index in [0.29, 0.717) is 5.15 Å². The van der Waals surface area contributed by atoms with Gasteiger partial charge < -0.3 is 5.73 Å². The van der Waals surface area contributed by atoms with Crippen molar-refractivity contribution in [2.75, 3.05) is 0 Å². The van der Waals surface area contributed by atoms with Gasteiger partial charge in [0.25, 0.3) is 0 Å². The van der Waals surface area contributed by atoms with E-state index in [1.54, 1.807) is 6.20 Å². The van der Waals surface area contributed by atoms with Crippen LogP contribution in [-0.4, -0.2) is 4.98 Å². The van der Waals surface area contributed by atoms with Gasteiger partial charge in [0.15, 0.2) is 0 Å². The lowest BCUT2D eigenvalue weighted by molar-refractivity contribution is 0.636. The topological polar surface area (TPSA) is 38.9 Å². The maximum absolute atomic E-state index is 5.94. The molecule has 1 rings (SSSR count). The predicted octanol–water partition coefficient (Wildman–Crippen LogP) is 3.14. The van der Waals surface area contributed by atoms with Gasteiger partial charge in [-0.3, -0.25) is 0 Å². The van der Waals surface area contributed by atoms with Gasteiger partial charge in [-0.05, 0) is 40.6 Å². The van der Waals surface area contributed by atoms with Crippen molar-refractivity contribution in [1.29, 1.82) is 0 Å². The fourth-order valence-electron chi connectivity index (χ4n) is 1.12. The zero-order chi connectivity index (χ0) is 9.84. The van der Waals surface area contributed by atoms with Crippen molar-refractivity contribution in [3.05, 3.63) is 26.5 Å². The molecule has 0 radical (unpaired) electrons. The molecular weight excluding hydrogens is 298 g/mol. The molecule has 0 aliphatic rings. The monoisotopic (exact) mass is 310 g/mol. The van der Waals surface area contributed by atoms with Crippen molar-refractivity contribution in [3.8, 4) is 0 Å². The lowest BCUT2D eigenvalue weighted by Gasteiger charge is -2.10. The fraction of sp³-hybridized carbons (Fsp3) is 0.444. The van der Waals surface area contributed by atoms with Gasteiger partial charge in [0.05, 0.1) is 3.57 Å². The lowest BCUT2D eigenvalue weighted by atomic mass is 10.1. The lowest BCUT2D eigenvalue weighted by Crippen LogP contribution is -2.10. The molecule has 0 aliphatic carbocycles. The molecule has 1 heterocycles. The summed E-state index contributed by atoms with van der Waals surface area (Å²) in [6, 6.07) is 2.08. The fourth-order valence-corrected chi connectivity index (χ4v) is 1.72. The zero-order valence-corrected chi connectivity index (χ0v) is 10.3. The molecule has 4 heteroatoms. The molecule has 0 saturated carbocycles. The molecule has 72 valence electrons. The van der Waals surface area contributed by atoms with Crippen LogP contribution in [0.2, 0.25) is 5.15 Å². The van der Waals surface area contributed by atoms with E-state index in [1.807, 2.05) is 6.07 Å². The van der Waals surface area contributed by atoms with Crippen LogP contribution in [0.15, 0.2) is 12.3 Å². The average Bonchev–Trinajstić information content (AvgIpc) is 2.10. The van der Waals surface area contributed by atoms with Crippen molar-refractivity contribution in [2.45, 2.75) is 25.8 Å². The van der Waals surface area contributed by atoms with Crippen LogP contribution in [0, 0.1) is 3.57 Å². The molecule has 0 saturated heterocycles. The molecule has 13 heavy (non-hydrogen) atoms. The number of hydrogen-bond acceptors (Lipinski definition) is 2. The highest BCUT2D eigenvalue weighted by Gasteiger charge is 2.07. The number of nitrogens with two attached hydrogens (primary N) is 1. The van der Waals surface area contributed by atoms with Crippen LogP contribution in [0.5, 0.6) is 0 Å². The third kappa shape index (κ3) is 3.07. The molecule has 0 fully saturated rings. The summed E-state index contributed by atoms with van der Waals surface area (Å²) < 4.78 is 0.961. The Morgan fingerprint density at radius 2 is 2.38 bits per heavy atom. The van der Waals surface area contributed by atoms with E-state index < -0.39 is 0 Å². The van der Waals surface area contributed by atoms with Crippen molar-refractivity contribution in [1.82, 2.24) is 4.98 Å². The van der Waals surface area contributed by atoms with Crippen LogP contribution in [-0.2, 0) is 0 Å². The second-order valence-electron chi connectivity index (χ2n) is 2.94. The summed E-state index contributed by atoms with van der Waals surface area (Å²) >= 11 is 7.96. The molecule has 0 amide bonds. The van der Waals surface area contributed by atoms with Gasteiger partial charge >= 0.3 is 0 Å². The molecule has 1 unspecified atom stereocenters. The molecule has 2 nitrogen and oxygen atoms in total. The number of aromatic nitrogens is 1. The first-order valence-corrected chi connectivity index (χ1v) is 5.67. The zero-order valence-electron chi connectivity index (χ0n) is 7.43. The summed E-state index contributed by atoms with van der Waals surface area (Å²) in [6.07, 6.45) is 3.82. The van der Waals surface area contributed by atoms with Gasteiger partial charge in [0, 0.05) is 12.2 Å². The SMILES string of the molecule is CCCC(N)c1cnc(Cl)c(I)c1. The van der Waals surface area contributed by atoms with Gasteiger partial charge in [-0.2, -0.15) is 0 Å². The molecule has 1 atom stereocenters. The number of halogens is 2. The highest BCUT2D eigenvalue weighted by atomic mass is 127. The Balaban J connectivity index is 2.84. The van der Waals surface area contributed by atoms with Crippen LogP contribution in [0.3, 0.4) is 0 Å². The number of pyridine rings is 1. The van der Waals surface area contributed by atoms with E-state index >= 15 is 0 Å². The van der Waals surface area contributed by atoms with E-state index in [2.05, 4.69) is 34.5 Å². The summed E-state index contributed by atoms with van der Waals surface area (Å²) in [4.78, 5) is 4.06. The normalized spacial score (nSPS) is 12.9. The van der Waals surface area contributed by atoms with Crippen LogP contribution >= 0.6 is 34.2 Å². The maximum Gasteiger partial charge on any atom is 0.142 e. The molecule has 2 N–H and O–H groups in total. The summed E-state index contributed by atoms with van der Waals surface area (Å²) in [5.41, 5.74) is 7.00.